The molecule has 3 heteroatoms. The monoisotopic (exact) mass is 198 g/mol. The van der Waals surface area contributed by atoms with Gasteiger partial charge in [-0.2, -0.15) is 0 Å². The Kier molecular flexibility index (Phi) is 4.63. The van der Waals surface area contributed by atoms with E-state index in [-0.39, 0.29) is 11.9 Å². The van der Waals surface area contributed by atoms with Crippen LogP contribution in [0, 0.1) is 5.92 Å². The summed E-state index contributed by atoms with van der Waals surface area (Å²) in [7, 11) is 0. The molecule has 1 fully saturated rings. The van der Waals surface area contributed by atoms with Crippen LogP contribution in [0.4, 0.5) is 0 Å². The zero-order valence-electron chi connectivity index (χ0n) is 8.75. The van der Waals surface area contributed by atoms with E-state index in [1.807, 2.05) is 0 Å². The maximum atomic E-state index is 11.0. The molecule has 0 aromatic heterocycles. The van der Waals surface area contributed by atoms with E-state index >= 15 is 0 Å². The first-order valence-electron chi connectivity index (χ1n) is 5.46. The molecule has 3 nitrogen and oxygen atoms in total. The van der Waals surface area contributed by atoms with Crippen LogP contribution in [-0.4, -0.2) is 11.9 Å². The third-order valence-electron chi connectivity index (χ3n) is 2.71. The second kappa shape index (κ2) is 5.78. The summed E-state index contributed by atoms with van der Waals surface area (Å²) < 4.78 is 4.57. The van der Waals surface area contributed by atoms with E-state index in [2.05, 4.69) is 11.7 Å². The van der Waals surface area contributed by atoms with Gasteiger partial charge in [0.1, 0.15) is 0 Å². The van der Waals surface area contributed by atoms with E-state index in [1.165, 1.54) is 12.8 Å². The van der Waals surface area contributed by atoms with E-state index in [0.717, 1.165) is 19.3 Å². The molecule has 1 rings (SSSR count). The largest absolute Gasteiger partial charge is 0.393 e. The molecule has 0 unspecified atom stereocenters. The summed E-state index contributed by atoms with van der Waals surface area (Å²) in [6, 6.07) is 0. The van der Waals surface area contributed by atoms with Gasteiger partial charge < -0.3 is 4.74 Å². The van der Waals surface area contributed by atoms with Crippen LogP contribution in [0.5, 0.6) is 0 Å². The lowest BCUT2D eigenvalue weighted by atomic mass is 9.91. The van der Waals surface area contributed by atoms with Gasteiger partial charge in [-0.3, -0.25) is 9.59 Å². The first-order chi connectivity index (χ1) is 6.72. The van der Waals surface area contributed by atoms with Gasteiger partial charge in [0.2, 0.25) is 0 Å². The van der Waals surface area contributed by atoms with E-state index < -0.39 is 0 Å². The molecule has 0 amide bonds. The minimum atomic E-state index is -0.351. The highest BCUT2D eigenvalue weighted by Crippen LogP contribution is 2.22. The predicted octanol–water partition coefficient (Wildman–Crippen LogP) is 2.44. The van der Waals surface area contributed by atoms with Gasteiger partial charge in [0, 0.05) is 12.8 Å². The summed E-state index contributed by atoms with van der Waals surface area (Å²) in [5.41, 5.74) is 0. The second-order valence-electron chi connectivity index (χ2n) is 3.93. The molecule has 0 N–H and O–H groups in total. The Hall–Kier alpha value is -0.860. The molecule has 1 heterocycles. The molecule has 1 aliphatic rings. The minimum absolute atomic E-state index is 0.351. The van der Waals surface area contributed by atoms with Gasteiger partial charge in [-0.1, -0.05) is 26.2 Å². The van der Waals surface area contributed by atoms with Crippen LogP contribution in [0.15, 0.2) is 0 Å². The summed E-state index contributed by atoms with van der Waals surface area (Å²) in [6.07, 6.45) is 6.07. The van der Waals surface area contributed by atoms with Gasteiger partial charge in [0.05, 0.1) is 0 Å². The van der Waals surface area contributed by atoms with Crippen molar-refractivity contribution in [2.24, 2.45) is 5.92 Å². The van der Waals surface area contributed by atoms with Gasteiger partial charge in [-0.05, 0) is 18.8 Å². The standard InChI is InChI=1S/C11H18O3/c1-2-3-4-9-5-7-10(12)14-11(13)8-6-9/h9H,2-8H2,1H3. The minimum Gasteiger partial charge on any atom is -0.393 e. The Morgan fingerprint density at radius 2 is 1.79 bits per heavy atom. The molecular weight excluding hydrogens is 180 g/mol. The lowest BCUT2D eigenvalue weighted by molar-refractivity contribution is -0.161. The van der Waals surface area contributed by atoms with Gasteiger partial charge in [0.25, 0.3) is 0 Å². The van der Waals surface area contributed by atoms with Crippen molar-refractivity contribution in [1.29, 1.82) is 0 Å². The molecule has 80 valence electrons. The number of cyclic esters (lactones) is 2. The average Bonchev–Trinajstić information content (AvgIpc) is 2.14. The number of carbonyl (C=O) groups excluding carboxylic acids is 2. The number of carbonyl (C=O) groups is 2. The molecule has 1 aliphatic heterocycles. The molecule has 0 radical (unpaired) electrons. The maximum Gasteiger partial charge on any atom is 0.313 e. The zero-order chi connectivity index (χ0) is 10.4. The quantitative estimate of drug-likeness (QED) is 0.516. The Bertz CT molecular complexity index is 193. The Morgan fingerprint density at radius 1 is 1.21 bits per heavy atom. The van der Waals surface area contributed by atoms with Crippen LogP contribution < -0.4 is 0 Å². The summed E-state index contributed by atoms with van der Waals surface area (Å²) >= 11 is 0. The molecule has 0 atom stereocenters. The normalized spacial score (nSPS) is 20.1. The van der Waals surface area contributed by atoms with Crippen LogP contribution in [0.1, 0.15) is 51.9 Å². The van der Waals surface area contributed by atoms with E-state index in [4.69, 9.17) is 0 Å². The fourth-order valence-corrected chi connectivity index (χ4v) is 1.80. The summed E-state index contributed by atoms with van der Waals surface area (Å²) in [5, 5.41) is 0. The first-order valence-corrected chi connectivity index (χ1v) is 5.46. The Morgan fingerprint density at radius 3 is 2.29 bits per heavy atom. The average molecular weight is 198 g/mol. The van der Waals surface area contributed by atoms with Crippen LogP contribution in [0.25, 0.3) is 0 Å². The van der Waals surface area contributed by atoms with E-state index in [0.29, 0.717) is 18.8 Å². The summed E-state index contributed by atoms with van der Waals surface area (Å²) in [6.45, 7) is 2.16. The molecule has 1 saturated heterocycles. The molecule has 14 heavy (non-hydrogen) atoms. The fourth-order valence-electron chi connectivity index (χ4n) is 1.80. The highest BCUT2D eigenvalue weighted by atomic mass is 16.6. The summed E-state index contributed by atoms with van der Waals surface area (Å²) in [5.74, 6) is -0.167. The first kappa shape index (κ1) is 11.2. The molecule has 0 aromatic rings. The third kappa shape index (κ3) is 3.90. The number of esters is 2. The fraction of sp³-hybridized carbons (Fsp3) is 0.818. The van der Waals surface area contributed by atoms with Crippen molar-refractivity contribution >= 4 is 11.9 Å². The number of unbranched alkanes of at least 4 members (excludes halogenated alkanes) is 1. The molecule has 0 aromatic carbocycles. The van der Waals surface area contributed by atoms with Crippen molar-refractivity contribution in [2.45, 2.75) is 51.9 Å². The van der Waals surface area contributed by atoms with Crippen LogP contribution in [0.2, 0.25) is 0 Å². The van der Waals surface area contributed by atoms with Crippen molar-refractivity contribution in [3.05, 3.63) is 0 Å². The van der Waals surface area contributed by atoms with Crippen molar-refractivity contribution in [3.63, 3.8) is 0 Å². The van der Waals surface area contributed by atoms with E-state index in [1.54, 1.807) is 0 Å². The molecular formula is C11H18O3. The molecule has 0 bridgehead atoms. The van der Waals surface area contributed by atoms with Gasteiger partial charge in [-0.15, -0.1) is 0 Å². The van der Waals surface area contributed by atoms with Gasteiger partial charge in [0.15, 0.2) is 0 Å². The third-order valence-corrected chi connectivity index (χ3v) is 2.71. The summed E-state index contributed by atoms with van der Waals surface area (Å²) in [4.78, 5) is 22.0. The number of hydrogen-bond donors (Lipinski definition) is 0. The van der Waals surface area contributed by atoms with Crippen molar-refractivity contribution in [1.82, 2.24) is 0 Å². The second-order valence-corrected chi connectivity index (χ2v) is 3.93. The van der Waals surface area contributed by atoms with Crippen LogP contribution in [-0.2, 0) is 14.3 Å². The highest BCUT2D eigenvalue weighted by molar-refractivity contribution is 5.85. The Balaban J connectivity index is 2.37. The van der Waals surface area contributed by atoms with Gasteiger partial charge >= 0.3 is 11.9 Å². The maximum absolute atomic E-state index is 11.0. The lowest BCUT2D eigenvalue weighted by Gasteiger charge is -2.17. The van der Waals surface area contributed by atoms with Crippen molar-refractivity contribution < 1.29 is 14.3 Å². The molecule has 0 saturated carbocycles. The molecule has 0 aliphatic carbocycles. The zero-order valence-corrected chi connectivity index (χ0v) is 8.75. The van der Waals surface area contributed by atoms with E-state index in [9.17, 15) is 9.59 Å². The van der Waals surface area contributed by atoms with Crippen LogP contribution in [0.3, 0.4) is 0 Å². The van der Waals surface area contributed by atoms with Crippen molar-refractivity contribution in [2.75, 3.05) is 0 Å². The number of rotatable bonds is 3. The lowest BCUT2D eigenvalue weighted by Crippen LogP contribution is -2.18. The number of ether oxygens (including phenoxy) is 1. The van der Waals surface area contributed by atoms with Crippen LogP contribution >= 0.6 is 0 Å². The SMILES string of the molecule is CCCCC1CCC(=O)OC(=O)CC1. The predicted molar refractivity (Wildman–Crippen MR) is 52.6 cm³/mol. The van der Waals surface area contributed by atoms with Crippen molar-refractivity contribution in [3.8, 4) is 0 Å². The topological polar surface area (TPSA) is 43.4 Å². The highest BCUT2D eigenvalue weighted by Gasteiger charge is 2.19. The van der Waals surface area contributed by atoms with Gasteiger partial charge in [-0.25, -0.2) is 0 Å². The Labute approximate surface area is 84.8 Å². The number of hydrogen-bond acceptors (Lipinski definition) is 3. The molecule has 0 spiro atoms. The smallest absolute Gasteiger partial charge is 0.313 e.